The van der Waals surface area contributed by atoms with Crippen molar-refractivity contribution in [1.82, 2.24) is 5.32 Å². The number of hydrogen-bond acceptors (Lipinski definition) is 4. The normalized spacial score (nSPS) is 14.4. The van der Waals surface area contributed by atoms with E-state index in [2.05, 4.69) is 18.5 Å². The lowest BCUT2D eigenvalue weighted by Gasteiger charge is -2.27. The van der Waals surface area contributed by atoms with Crippen molar-refractivity contribution >= 4 is 11.8 Å². The molecule has 0 aromatic rings. The van der Waals surface area contributed by atoms with Crippen LogP contribution in [0.2, 0.25) is 0 Å². The number of hydrogen-bond donors (Lipinski definition) is 3. The lowest BCUT2D eigenvalue weighted by molar-refractivity contribution is 0.0677. The van der Waals surface area contributed by atoms with Gasteiger partial charge in [0.2, 0.25) is 0 Å². The first kappa shape index (κ1) is 14.2. The van der Waals surface area contributed by atoms with E-state index in [0.717, 1.165) is 12.2 Å². The van der Waals surface area contributed by atoms with Crippen molar-refractivity contribution in [3.63, 3.8) is 0 Å². The van der Waals surface area contributed by atoms with E-state index in [-0.39, 0.29) is 13.2 Å². The van der Waals surface area contributed by atoms with Crippen molar-refractivity contribution in [2.24, 2.45) is 5.41 Å². The molecule has 0 saturated carbocycles. The molecule has 0 aromatic carbocycles. The second-order valence-corrected chi connectivity index (χ2v) is 5.18. The zero-order valence-electron chi connectivity index (χ0n) is 9.42. The number of aliphatic hydroxyl groups is 2. The maximum atomic E-state index is 9.07. The van der Waals surface area contributed by atoms with Gasteiger partial charge in [-0.15, -0.1) is 0 Å². The Morgan fingerprint density at radius 2 is 1.93 bits per heavy atom. The minimum atomic E-state index is -0.395. The van der Waals surface area contributed by atoms with Crippen LogP contribution in [0.15, 0.2) is 0 Å². The minimum Gasteiger partial charge on any atom is -0.396 e. The van der Waals surface area contributed by atoms with Crippen molar-refractivity contribution in [3.05, 3.63) is 0 Å². The molecule has 14 heavy (non-hydrogen) atoms. The Morgan fingerprint density at radius 3 is 2.36 bits per heavy atom. The highest BCUT2D eigenvalue weighted by Gasteiger charge is 2.22. The van der Waals surface area contributed by atoms with E-state index in [1.807, 2.05) is 18.7 Å². The first-order valence-corrected chi connectivity index (χ1v) is 6.41. The van der Waals surface area contributed by atoms with Crippen molar-refractivity contribution in [1.29, 1.82) is 0 Å². The molecule has 1 atom stereocenters. The van der Waals surface area contributed by atoms with E-state index in [1.54, 1.807) is 0 Å². The molecule has 0 aliphatic heterocycles. The molecule has 4 heteroatoms. The van der Waals surface area contributed by atoms with Gasteiger partial charge >= 0.3 is 0 Å². The lowest BCUT2D eigenvalue weighted by Crippen LogP contribution is -2.41. The fourth-order valence-corrected chi connectivity index (χ4v) is 1.57. The molecule has 86 valence electrons. The molecule has 0 spiro atoms. The Balaban J connectivity index is 3.68. The van der Waals surface area contributed by atoms with E-state index in [9.17, 15) is 0 Å². The van der Waals surface area contributed by atoms with Crippen LogP contribution in [0, 0.1) is 5.41 Å². The summed E-state index contributed by atoms with van der Waals surface area (Å²) in [6.07, 6.45) is 3.21. The molecule has 3 nitrogen and oxygen atoms in total. The van der Waals surface area contributed by atoms with Crippen molar-refractivity contribution in [2.45, 2.75) is 26.3 Å². The van der Waals surface area contributed by atoms with E-state index in [1.165, 1.54) is 0 Å². The fourth-order valence-electron chi connectivity index (χ4n) is 0.979. The summed E-state index contributed by atoms with van der Waals surface area (Å²) in [5, 5.41) is 21.5. The Hall–Kier alpha value is 0.230. The average molecular weight is 221 g/mol. The van der Waals surface area contributed by atoms with Gasteiger partial charge in [0.25, 0.3) is 0 Å². The molecular formula is C10H23NO2S. The first-order valence-electron chi connectivity index (χ1n) is 5.02. The van der Waals surface area contributed by atoms with Crippen LogP contribution in [0.4, 0.5) is 0 Å². The quantitative estimate of drug-likeness (QED) is 0.565. The average Bonchev–Trinajstić information content (AvgIpc) is 2.23. The first-order chi connectivity index (χ1) is 6.58. The van der Waals surface area contributed by atoms with Gasteiger partial charge in [0, 0.05) is 18.0 Å². The molecule has 0 rings (SSSR count). The van der Waals surface area contributed by atoms with Gasteiger partial charge in [-0.1, -0.05) is 6.92 Å². The Bertz CT molecular complexity index is 140. The topological polar surface area (TPSA) is 52.5 Å². The highest BCUT2D eigenvalue weighted by Crippen LogP contribution is 2.12. The summed E-state index contributed by atoms with van der Waals surface area (Å²) in [7, 11) is 0. The summed E-state index contributed by atoms with van der Waals surface area (Å²) in [6, 6.07) is 0.444. The predicted octanol–water partition coefficient (Wildman–Crippen LogP) is 0.708. The van der Waals surface area contributed by atoms with Crippen LogP contribution in [0.1, 0.15) is 20.3 Å². The number of thioether (sulfide) groups is 1. The Labute approximate surface area is 91.3 Å². The molecule has 0 aliphatic rings. The van der Waals surface area contributed by atoms with Gasteiger partial charge in [0.15, 0.2) is 0 Å². The van der Waals surface area contributed by atoms with Gasteiger partial charge in [-0.2, -0.15) is 11.8 Å². The van der Waals surface area contributed by atoms with E-state index < -0.39 is 5.41 Å². The second-order valence-electron chi connectivity index (χ2n) is 4.19. The summed E-state index contributed by atoms with van der Waals surface area (Å²) < 4.78 is 0. The molecule has 0 radical (unpaired) electrons. The minimum absolute atomic E-state index is 0.0196. The maximum Gasteiger partial charge on any atom is 0.0518 e. The van der Waals surface area contributed by atoms with Crippen LogP contribution < -0.4 is 5.32 Å². The van der Waals surface area contributed by atoms with Gasteiger partial charge in [-0.05, 0) is 25.4 Å². The molecule has 0 fully saturated rings. The molecule has 3 N–H and O–H groups in total. The van der Waals surface area contributed by atoms with E-state index in [4.69, 9.17) is 10.2 Å². The van der Waals surface area contributed by atoms with Crippen LogP contribution >= 0.6 is 11.8 Å². The highest BCUT2D eigenvalue weighted by molar-refractivity contribution is 7.98. The monoisotopic (exact) mass is 221 g/mol. The zero-order valence-corrected chi connectivity index (χ0v) is 10.2. The largest absolute Gasteiger partial charge is 0.396 e. The standard InChI is InChI=1S/C10H23NO2S/c1-9(4-5-14-3)11-6-10(2,7-12)8-13/h9,11-13H,4-8H2,1-3H3. The molecule has 0 saturated heterocycles. The molecule has 0 amide bonds. The lowest BCUT2D eigenvalue weighted by atomic mass is 9.93. The molecule has 0 aromatic heterocycles. The van der Waals surface area contributed by atoms with Crippen LogP contribution in [-0.2, 0) is 0 Å². The fraction of sp³-hybridized carbons (Fsp3) is 1.00. The molecular weight excluding hydrogens is 198 g/mol. The van der Waals surface area contributed by atoms with Gasteiger partial charge < -0.3 is 15.5 Å². The van der Waals surface area contributed by atoms with Crippen LogP contribution in [0.3, 0.4) is 0 Å². The zero-order chi connectivity index (χ0) is 11.0. The SMILES string of the molecule is CSCCC(C)NCC(C)(CO)CO. The van der Waals surface area contributed by atoms with E-state index >= 15 is 0 Å². The molecule has 0 bridgehead atoms. The van der Waals surface area contributed by atoms with Gasteiger partial charge in [-0.25, -0.2) is 0 Å². The van der Waals surface area contributed by atoms with Crippen LogP contribution in [-0.4, -0.2) is 48.0 Å². The number of aliphatic hydroxyl groups excluding tert-OH is 2. The summed E-state index contributed by atoms with van der Waals surface area (Å²) in [5.41, 5.74) is -0.395. The summed E-state index contributed by atoms with van der Waals surface area (Å²) in [4.78, 5) is 0. The van der Waals surface area contributed by atoms with Gasteiger partial charge in [0.1, 0.15) is 0 Å². The summed E-state index contributed by atoms with van der Waals surface area (Å²) in [5.74, 6) is 1.14. The van der Waals surface area contributed by atoms with Crippen molar-refractivity contribution < 1.29 is 10.2 Å². The molecule has 1 unspecified atom stereocenters. The van der Waals surface area contributed by atoms with Crippen molar-refractivity contribution in [2.75, 3.05) is 31.8 Å². The number of nitrogens with one attached hydrogen (secondary N) is 1. The van der Waals surface area contributed by atoms with Crippen LogP contribution in [0.5, 0.6) is 0 Å². The summed E-state index contributed by atoms with van der Waals surface area (Å²) >= 11 is 1.84. The number of rotatable bonds is 8. The van der Waals surface area contributed by atoms with E-state index in [0.29, 0.717) is 12.6 Å². The highest BCUT2D eigenvalue weighted by atomic mass is 32.2. The van der Waals surface area contributed by atoms with Crippen LogP contribution in [0.25, 0.3) is 0 Å². The second kappa shape index (κ2) is 7.51. The Morgan fingerprint density at radius 1 is 1.36 bits per heavy atom. The smallest absolute Gasteiger partial charge is 0.0518 e. The third kappa shape index (κ3) is 5.86. The maximum absolute atomic E-state index is 9.07. The predicted molar refractivity (Wildman–Crippen MR) is 62.7 cm³/mol. The summed E-state index contributed by atoms with van der Waals surface area (Å²) in [6.45, 7) is 4.71. The van der Waals surface area contributed by atoms with Gasteiger partial charge in [-0.3, -0.25) is 0 Å². The molecule has 0 heterocycles. The third-order valence-corrected chi connectivity index (χ3v) is 3.04. The third-order valence-electron chi connectivity index (χ3n) is 2.40. The molecule has 0 aliphatic carbocycles. The van der Waals surface area contributed by atoms with Gasteiger partial charge in [0.05, 0.1) is 13.2 Å². The Kier molecular flexibility index (Phi) is 7.64. The van der Waals surface area contributed by atoms with Crippen molar-refractivity contribution in [3.8, 4) is 0 Å².